The minimum Gasteiger partial charge on any atom is -0.493 e. The number of nitrogens with one attached hydrogen (secondary N) is 1. The highest BCUT2D eigenvalue weighted by molar-refractivity contribution is 7.95. The fourth-order valence-electron chi connectivity index (χ4n) is 2.46. The molecule has 0 saturated carbocycles. The van der Waals surface area contributed by atoms with Gasteiger partial charge >= 0.3 is 5.69 Å². The van der Waals surface area contributed by atoms with E-state index in [4.69, 9.17) is 18.9 Å². The Bertz CT molecular complexity index is 1010. The van der Waals surface area contributed by atoms with Crippen LogP contribution in [-0.2, 0) is 10.0 Å². The predicted octanol–water partition coefficient (Wildman–Crippen LogP) is 3.04. The maximum absolute atomic E-state index is 12.4. The highest BCUT2D eigenvalue weighted by atomic mass is 32.2. The Hall–Kier alpha value is -3.47. The van der Waals surface area contributed by atoms with Gasteiger partial charge in [0.25, 0.3) is 10.0 Å². The SMILES string of the molecule is COc1ccc(NS(=O)(=O)/C=C/c2cc(OC)c(OC)c(OC)c2)cc1[N+](=O)[O-]. The summed E-state index contributed by atoms with van der Waals surface area (Å²) >= 11 is 0. The molecule has 0 saturated heterocycles. The van der Waals surface area contributed by atoms with Gasteiger partial charge in [0.2, 0.25) is 5.75 Å². The fourth-order valence-corrected chi connectivity index (χ4v) is 3.32. The summed E-state index contributed by atoms with van der Waals surface area (Å²) in [5, 5.41) is 12.0. The molecule has 2 rings (SSSR count). The molecule has 0 atom stereocenters. The normalized spacial score (nSPS) is 11.2. The molecule has 0 aliphatic carbocycles. The maximum atomic E-state index is 12.4. The second-order valence-electron chi connectivity index (χ2n) is 5.55. The number of hydrogen-bond acceptors (Lipinski definition) is 8. The molecule has 10 nitrogen and oxygen atoms in total. The predicted molar refractivity (Wildman–Crippen MR) is 107 cm³/mol. The van der Waals surface area contributed by atoms with E-state index in [9.17, 15) is 18.5 Å². The largest absolute Gasteiger partial charge is 0.493 e. The highest BCUT2D eigenvalue weighted by Gasteiger charge is 2.17. The Morgan fingerprint density at radius 2 is 1.52 bits per heavy atom. The van der Waals surface area contributed by atoms with E-state index in [1.165, 1.54) is 46.6 Å². The number of ether oxygens (including phenoxy) is 4. The molecule has 156 valence electrons. The second-order valence-corrected chi connectivity index (χ2v) is 7.12. The molecule has 0 heterocycles. The van der Waals surface area contributed by atoms with Crippen LogP contribution in [0.4, 0.5) is 11.4 Å². The second kappa shape index (κ2) is 9.15. The minimum absolute atomic E-state index is 0.0194. The van der Waals surface area contributed by atoms with Gasteiger partial charge in [-0.3, -0.25) is 14.8 Å². The fraction of sp³-hybridized carbons (Fsp3) is 0.222. The number of hydrogen-bond donors (Lipinski definition) is 1. The van der Waals surface area contributed by atoms with E-state index in [1.54, 1.807) is 12.1 Å². The van der Waals surface area contributed by atoms with Crippen LogP contribution in [0.1, 0.15) is 5.56 Å². The molecule has 0 radical (unpaired) electrons. The molecule has 0 unspecified atom stereocenters. The monoisotopic (exact) mass is 424 g/mol. The van der Waals surface area contributed by atoms with Gasteiger partial charge in [0.15, 0.2) is 17.2 Å². The maximum Gasteiger partial charge on any atom is 0.312 e. The zero-order chi connectivity index (χ0) is 21.6. The Labute approximate surface area is 167 Å². The number of sulfonamides is 1. The number of benzene rings is 2. The van der Waals surface area contributed by atoms with Gasteiger partial charge in [-0.1, -0.05) is 0 Å². The third kappa shape index (κ3) is 5.29. The third-order valence-electron chi connectivity index (χ3n) is 3.76. The first-order chi connectivity index (χ1) is 13.7. The van der Waals surface area contributed by atoms with Crippen molar-refractivity contribution in [2.24, 2.45) is 0 Å². The number of rotatable bonds is 9. The number of anilines is 1. The number of nitro benzene ring substituents is 1. The lowest BCUT2D eigenvalue weighted by atomic mass is 10.2. The molecule has 2 aromatic rings. The Morgan fingerprint density at radius 1 is 0.931 bits per heavy atom. The highest BCUT2D eigenvalue weighted by Crippen LogP contribution is 2.38. The standard InChI is InChI=1S/C18H20N2O8S/c1-25-15-6-5-13(11-14(15)20(21)22)19-29(23,24)8-7-12-9-16(26-2)18(28-4)17(10-12)27-3/h5-11,19H,1-4H3/b8-7+. The molecule has 0 aliphatic heterocycles. The summed E-state index contributed by atoms with van der Waals surface area (Å²) in [6.45, 7) is 0. The van der Waals surface area contributed by atoms with Crippen molar-refractivity contribution in [2.45, 2.75) is 0 Å². The van der Waals surface area contributed by atoms with Gasteiger partial charge < -0.3 is 18.9 Å². The van der Waals surface area contributed by atoms with Gasteiger partial charge in [-0.05, 0) is 35.9 Å². The smallest absolute Gasteiger partial charge is 0.312 e. The summed E-state index contributed by atoms with van der Waals surface area (Å²) in [5.41, 5.74) is 0.138. The van der Waals surface area contributed by atoms with Crippen molar-refractivity contribution in [3.63, 3.8) is 0 Å². The van der Waals surface area contributed by atoms with Crippen molar-refractivity contribution in [2.75, 3.05) is 33.2 Å². The van der Waals surface area contributed by atoms with Crippen molar-refractivity contribution < 1.29 is 32.3 Å². The summed E-state index contributed by atoms with van der Waals surface area (Å²) in [6, 6.07) is 6.89. The van der Waals surface area contributed by atoms with E-state index in [1.807, 2.05) is 0 Å². The van der Waals surface area contributed by atoms with Crippen molar-refractivity contribution in [3.05, 3.63) is 51.4 Å². The lowest BCUT2D eigenvalue weighted by molar-refractivity contribution is -0.385. The van der Waals surface area contributed by atoms with Crippen molar-refractivity contribution in [1.82, 2.24) is 0 Å². The first kappa shape index (κ1) is 21.8. The molecule has 2 aromatic carbocycles. The average molecular weight is 424 g/mol. The first-order valence-electron chi connectivity index (χ1n) is 8.08. The summed E-state index contributed by atoms with van der Waals surface area (Å²) in [6.07, 6.45) is 1.32. The van der Waals surface area contributed by atoms with Gasteiger partial charge in [-0.2, -0.15) is 0 Å². The summed E-state index contributed by atoms with van der Waals surface area (Å²) in [7, 11) is 1.67. The van der Waals surface area contributed by atoms with Crippen molar-refractivity contribution in [1.29, 1.82) is 0 Å². The van der Waals surface area contributed by atoms with Crippen LogP contribution in [0.25, 0.3) is 6.08 Å². The van der Waals surface area contributed by atoms with Gasteiger partial charge in [0.1, 0.15) is 0 Å². The Kier molecular flexibility index (Phi) is 6.89. The summed E-state index contributed by atoms with van der Waals surface area (Å²) in [4.78, 5) is 10.4. The first-order valence-corrected chi connectivity index (χ1v) is 9.62. The van der Waals surface area contributed by atoms with Crippen LogP contribution < -0.4 is 23.7 Å². The van der Waals surface area contributed by atoms with E-state index in [2.05, 4.69) is 4.72 Å². The minimum atomic E-state index is -3.96. The zero-order valence-electron chi connectivity index (χ0n) is 16.2. The van der Waals surface area contributed by atoms with Crippen LogP contribution in [0.5, 0.6) is 23.0 Å². The molecular weight excluding hydrogens is 404 g/mol. The van der Waals surface area contributed by atoms with E-state index < -0.39 is 14.9 Å². The molecule has 0 fully saturated rings. The molecule has 0 aliphatic rings. The summed E-state index contributed by atoms with van der Waals surface area (Å²) < 4.78 is 47.5. The van der Waals surface area contributed by atoms with Crippen LogP contribution in [0, 0.1) is 10.1 Å². The topological polar surface area (TPSA) is 126 Å². The molecule has 0 amide bonds. The average Bonchev–Trinajstić information content (AvgIpc) is 2.70. The molecule has 0 aromatic heterocycles. The number of nitrogens with zero attached hydrogens (tertiary/aromatic N) is 1. The lowest BCUT2D eigenvalue weighted by Gasteiger charge is -2.12. The van der Waals surface area contributed by atoms with Crippen LogP contribution >= 0.6 is 0 Å². The number of nitro groups is 1. The van der Waals surface area contributed by atoms with Crippen LogP contribution in [-0.4, -0.2) is 41.8 Å². The van der Waals surface area contributed by atoms with Crippen molar-refractivity contribution >= 4 is 27.5 Å². The number of methoxy groups -OCH3 is 4. The summed E-state index contributed by atoms with van der Waals surface area (Å²) in [5.74, 6) is 1.12. The van der Waals surface area contributed by atoms with E-state index in [0.29, 0.717) is 22.8 Å². The molecule has 29 heavy (non-hydrogen) atoms. The Balaban J connectivity index is 2.31. The molecule has 0 spiro atoms. The third-order valence-corrected chi connectivity index (χ3v) is 4.78. The van der Waals surface area contributed by atoms with Gasteiger partial charge in [0.05, 0.1) is 44.5 Å². The molecule has 1 N–H and O–H groups in total. The quantitative estimate of drug-likeness (QED) is 0.481. The van der Waals surface area contributed by atoms with Crippen molar-refractivity contribution in [3.8, 4) is 23.0 Å². The molecule has 0 bridgehead atoms. The van der Waals surface area contributed by atoms with Crippen LogP contribution in [0.3, 0.4) is 0 Å². The molecule has 11 heteroatoms. The van der Waals surface area contributed by atoms with Crippen LogP contribution in [0.15, 0.2) is 35.7 Å². The van der Waals surface area contributed by atoms with E-state index in [-0.39, 0.29) is 17.1 Å². The van der Waals surface area contributed by atoms with Crippen LogP contribution in [0.2, 0.25) is 0 Å². The lowest BCUT2D eigenvalue weighted by Crippen LogP contribution is -2.09. The van der Waals surface area contributed by atoms with E-state index in [0.717, 1.165) is 11.5 Å². The van der Waals surface area contributed by atoms with Gasteiger partial charge in [-0.15, -0.1) is 0 Å². The van der Waals surface area contributed by atoms with E-state index >= 15 is 0 Å². The van der Waals surface area contributed by atoms with Gasteiger partial charge in [-0.25, -0.2) is 8.42 Å². The zero-order valence-corrected chi connectivity index (χ0v) is 17.0. The Morgan fingerprint density at radius 3 is 2.00 bits per heavy atom. The van der Waals surface area contributed by atoms with Gasteiger partial charge in [0, 0.05) is 6.07 Å². The molecular formula is C18H20N2O8S.